The molecule has 0 amide bonds. The molecule has 0 heterocycles. The van der Waals surface area contributed by atoms with E-state index in [1.807, 2.05) is 14.1 Å². The summed E-state index contributed by atoms with van der Waals surface area (Å²) in [7, 11) is 3.62. The van der Waals surface area contributed by atoms with Crippen LogP contribution in [0.15, 0.2) is 48.5 Å². The number of nitrogens with one attached hydrogen (secondary N) is 1. The van der Waals surface area contributed by atoms with E-state index in [2.05, 4.69) is 48.5 Å². The first-order valence-corrected chi connectivity index (χ1v) is 6.05. The van der Waals surface area contributed by atoms with Crippen LogP contribution in [0.5, 0.6) is 0 Å². The van der Waals surface area contributed by atoms with Crippen molar-refractivity contribution in [2.45, 2.75) is 6.42 Å². The summed E-state index contributed by atoms with van der Waals surface area (Å²) in [5.41, 5.74) is 5.75. The molecular formula is C16H18N2. The Kier molecular flexibility index (Phi) is 3.78. The molecule has 0 radical (unpaired) electrons. The highest BCUT2D eigenvalue weighted by molar-refractivity contribution is 5.76. The van der Waals surface area contributed by atoms with Crippen molar-refractivity contribution in [3.8, 4) is 11.1 Å². The van der Waals surface area contributed by atoms with Gasteiger partial charge in [0.1, 0.15) is 0 Å². The van der Waals surface area contributed by atoms with Gasteiger partial charge in [-0.05, 0) is 28.7 Å². The molecule has 92 valence electrons. The van der Waals surface area contributed by atoms with E-state index in [4.69, 9.17) is 5.41 Å². The average Bonchev–Trinajstić information content (AvgIpc) is 2.78. The van der Waals surface area contributed by atoms with Crippen LogP contribution in [-0.2, 0) is 6.42 Å². The zero-order valence-electron chi connectivity index (χ0n) is 10.9. The maximum atomic E-state index is 6.46. The van der Waals surface area contributed by atoms with Crippen LogP contribution in [0.4, 0.5) is 0 Å². The van der Waals surface area contributed by atoms with Crippen LogP contribution in [0, 0.1) is 5.41 Å². The molecule has 1 N–H and O–H groups in total. The summed E-state index contributed by atoms with van der Waals surface area (Å²) in [4.78, 5) is 1.67. The number of benzene rings is 2. The van der Waals surface area contributed by atoms with Gasteiger partial charge in [-0.3, -0.25) is 5.41 Å². The van der Waals surface area contributed by atoms with E-state index in [1.165, 1.54) is 28.6 Å². The number of nitrogens with zero attached hydrogens (tertiary/aromatic N) is 1. The topological polar surface area (TPSA) is 27.1 Å². The molecule has 0 aliphatic heterocycles. The van der Waals surface area contributed by atoms with Crippen molar-refractivity contribution in [3.63, 3.8) is 0 Å². The fourth-order valence-corrected chi connectivity index (χ4v) is 2.08. The number of rotatable bonds is 1. The van der Waals surface area contributed by atoms with Gasteiger partial charge in [0.25, 0.3) is 0 Å². The minimum Gasteiger partial charge on any atom is -0.369 e. The lowest BCUT2D eigenvalue weighted by Crippen LogP contribution is -2.05. The molecular weight excluding hydrogens is 220 g/mol. The van der Waals surface area contributed by atoms with Gasteiger partial charge < -0.3 is 4.90 Å². The predicted molar refractivity (Wildman–Crippen MR) is 77.2 cm³/mol. The standard InChI is InChI=1S/C13H10.C3H8N2/c1-3-7-12-10(5-1)9-11-6-2-4-8-13(11)12;1-5(2)3-4/h1-8H,9H2;3-4H,1-2H3. The highest BCUT2D eigenvalue weighted by Crippen LogP contribution is 2.35. The van der Waals surface area contributed by atoms with Crippen molar-refractivity contribution in [2.24, 2.45) is 0 Å². The normalized spacial score (nSPS) is 10.8. The number of hydrogen-bond donors (Lipinski definition) is 1. The molecule has 3 rings (SSSR count). The third-order valence-corrected chi connectivity index (χ3v) is 2.96. The summed E-state index contributed by atoms with van der Waals surface area (Å²) < 4.78 is 0. The van der Waals surface area contributed by atoms with Gasteiger partial charge in [0, 0.05) is 14.1 Å². The third-order valence-electron chi connectivity index (χ3n) is 2.96. The molecule has 1 aliphatic carbocycles. The second-order valence-corrected chi connectivity index (χ2v) is 4.58. The molecule has 0 fully saturated rings. The first kappa shape index (κ1) is 12.4. The lowest BCUT2D eigenvalue weighted by atomic mass is 10.1. The second-order valence-electron chi connectivity index (χ2n) is 4.58. The monoisotopic (exact) mass is 238 g/mol. The summed E-state index contributed by atoms with van der Waals surface area (Å²) in [5.74, 6) is 0. The Morgan fingerprint density at radius 1 is 0.889 bits per heavy atom. The van der Waals surface area contributed by atoms with E-state index in [0.29, 0.717) is 0 Å². The lowest BCUT2D eigenvalue weighted by molar-refractivity contribution is 0.639. The highest BCUT2D eigenvalue weighted by Gasteiger charge is 2.15. The smallest absolute Gasteiger partial charge is 0.0812 e. The lowest BCUT2D eigenvalue weighted by Gasteiger charge is -1.98. The van der Waals surface area contributed by atoms with Crippen LogP contribution >= 0.6 is 0 Å². The van der Waals surface area contributed by atoms with Gasteiger partial charge in [-0.15, -0.1) is 0 Å². The minimum atomic E-state index is 1.10. The Balaban J connectivity index is 0.000000209. The van der Waals surface area contributed by atoms with E-state index in [1.54, 1.807) is 4.90 Å². The van der Waals surface area contributed by atoms with E-state index < -0.39 is 0 Å². The van der Waals surface area contributed by atoms with Gasteiger partial charge in [-0.25, -0.2) is 0 Å². The van der Waals surface area contributed by atoms with Crippen LogP contribution in [0.1, 0.15) is 11.1 Å². The molecule has 0 saturated carbocycles. The molecule has 2 aromatic carbocycles. The van der Waals surface area contributed by atoms with Gasteiger partial charge in [0.15, 0.2) is 0 Å². The predicted octanol–water partition coefficient (Wildman–Crippen LogP) is 3.41. The van der Waals surface area contributed by atoms with Crippen molar-refractivity contribution in [1.29, 1.82) is 5.41 Å². The fraction of sp³-hybridized carbons (Fsp3) is 0.188. The maximum Gasteiger partial charge on any atom is 0.0812 e. The summed E-state index contributed by atoms with van der Waals surface area (Å²) in [6, 6.07) is 17.3. The summed E-state index contributed by atoms with van der Waals surface area (Å²) in [5, 5.41) is 6.46. The molecule has 0 atom stereocenters. The zero-order chi connectivity index (χ0) is 13.0. The van der Waals surface area contributed by atoms with Gasteiger partial charge >= 0.3 is 0 Å². The van der Waals surface area contributed by atoms with E-state index in [-0.39, 0.29) is 0 Å². The molecule has 0 saturated heterocycles. The first-order valence-electron chi connectivity index (χ1n) is 6.05. The van der Waals surface area contributed by atoms with Crippen molar-refractivity contribution in [1.82, 2.24) is 4.90 Å². The van der Waals surface area contributed by atoms with Crippen LogP contribution in [0.25, 0.3) is 11.1 Å². The molecule has 0 aromatic heterocycles. The second kappa shape index (κ2) is 5.50. The Bertz CT molecular complexity index is 501. The Hall–Kier alpha value is -2.09. The van der Waals surface area contributed by atoms with Crippen molar-refractivity contribution < 1.29 is 0 Å². The van der Waals surface area contributed by atoms with Crippen molar-refractivity contribution in [3.05, 3.63) is 59.7 Å². The van der Waals surface area contributed by atoms with Gasteiger partial charge in [-0.1, -0.05) is 48.5 Å². The minimum absolute atomic E-state index is 1.10. The first-order chi connectivity index (χ1) is 8.72. The SMILES string of the molecule is CN(C)C=N.c1ccc2c(c1)Cc1ccccc1-2. The molecule has 2 heteroatoms. The van der Waals surface area contributed by atoms with Gasteiger partial charge in [0.05, 0.1) is 6.34 Å². The van der Waals surface area contributed by atoms with Crippen LogP contribution in [0.3, 0.4) is 0 Å². The molecule has 0 unspecified atom stereocenters. The molecule has 2 nitrogen and oxygen atoms in total. The van der Waals surface area contributed by atoms with Crippen LogP contribution < -0.4 is 0 Å². The zero-order valence-corrected chi connectivity index (χ0v) is 10.9. The maximum absolute atomic E-state index is 6.46. The van der Waals surface area contributed by atoms with E-state index in [0.717, 1.165) is 6.42 Å². The Labute approximate surface area is 108 Å². The van der Waals surface area contributed by atoms with Gasteiger partial charge in [-0.2, -0.15) is 0 Å². The summed E-state index contributed by atoms with van der Waals surface area (Å²) in [6.07, 6.45) is 2.35. The molecule has 1 aliphatic rings. The highest BCUT2D eigenvalue weighted by atomic mass is 15.1. The Morgan fingerprint density at radius 3 is 1.67 bits per heavy atom. The summed E-state index contributed by atoms with van der Waals surface area (Å²) in [6.45, 7) is 0. The number of fused-ring (bicyclic) bond motifs is 3. The van der Waals surface area contributed by atoms with Crippen molar-refractivity contribution >= 4 is 6.34 Å². The quantitative estimate of drug-likeness (QED) is 0.510. The van der Waals surface area contributed by atoms with E-state index >= 15 is 0 Å². The van der Waals surface area contributed by atoms with Crippen LogP contribution in [0.2, 0.25) is 0 Å². The molecule has 0 spiro atoms. The molecule has 18 heavy (non-hydrogen) atoms. The molecule has 0 bridgehead atoms. The van der Waals surface area contributed by atoms with Gasteiger partial charge in [0.2, 0.25) is 0 Å². The average molecular weight is 238 g/mol. The molecule has 2 aromatic rings. The largest absolute Gasteiger partial charge is 0.369 e. The summed E-state index contributed by atoms with van der Waals surface area (Å²) >= 11 is 0. The van der Waals surface area contributed by atoms with E-state index in [9.17, 15) is 0 Å². The van der Waals surface area contributed by atoms with Crippen LogP contribution in [-0.4, -0.2) is 25.3 Å². The Morgan fingerprint density at radius 2 is 1.28 bits per heavy atom. The third kappa shape index (κ3) is 2.59. The van der Waals surface area contributed by atoms with Crippen molar-refractivity contribution in [2.75, 3.05) is 14.1 Å². The number of hydrogen-bond acceptors (Lipinski definition) is 1. The fourth-order valence-electron chi connectivity index (χ4n) is 2.08.